The highest BCUT2D eigenvalue weighted by molar-refractivity contribution is 5.96. The number of amides is 2. The predicted molar refractivity (Wildman–Crippen MR) is 108 cm³/mol. The summed E-state index contributed by atoms with van der Waals surface area (Å²) in [4.78, 5) is 29.4. The summed E-state index contributed by atoms with van der Waals surface area (Å²) < 4.78 is 5.63. The van der Waals surface area contributed by atoms with Gasteiger partial charge in [0.2, 0.25) is 5.91 Å². The van der Waals surface area contributed by atoms with Crippen LogP contribution in [-0.2, 0) is 4.79 Å². The molecule has 0 unspecified atom stereocenters. The predicted octanol–water partition coefficient (Wildman–Crippen LogP) is 3.81. The Morgan fingerprint density at radius 1 is 1.00 bits per heavy atom. The van der Waals surface area contributed by atoms with Crippen molar-refractivity contribution in [2.45, 2.75) is 54.4 Å². The van der Waals surface area contributed by atoms with E-state index < -0.39 is 0 Å². The van der Waals surface area contributed by atoms with E-state index in [1.165, 1.54) is 0 Å². The van der Waals surface area contributed by atoms with Crippen LogP contribution in [0.4, 0.5) is 0 Å². The second-order valence-corrected chi connectivity index (χ2v) is 8.63. The maximum atomic E-state index is 13.1. The van der Waals surface area contributed by atoms with Crippen LogP contribution in [0.25, 0.3) is 0 Å². The Hall–Kier alpha value is -2.04. The third-order valence-electron chi connectivity index (χ3n) is 4.87. The van der Waals surface area contributed by atoms with Crippen molar-refractivity contribution < 1.29 is 14.3 Å². The molecular formula is C22H34N2O3. The smallest absolute Gasteiger partial charge is 0.254 e. The summed E-state index contributed by atoms with van der Waals surface area (Å²) in [6.45, 7) is 15.3. The summed E-state index contributed by atoms with van der Waals surface area (Å²) in [7, 11) is 0. The number of carbonyl (C=O) groups excluding carboxylic acids is 2. The molecule has 0 radical (unpaired) electrons. The molecule has 0 aliphatic carbocycles. The summed E-state index contributed by atoms with van der Waals surface area (Å²) in [5.74, 6) is 1.06. The Morgan fingerprint density at radius 2 is 1.63 bits per heavy atom. The van der Waals surface area contributed by atoms with Crippen molar-refractivity contribution in [2.75, 3.05) is 32.8 Å². The average molecular weight is 375 g/mol. The van der Waals surface area contributed by atoms with Crippen molar-refractivity contribution >= 4 is 11.8 Å². The van der Waals surface area contributed by atoms with Gasteiger partial charge in [-0.1, -0.05) is 20.8 Å². The number of hydrogen-bond donors (Lipinski definition) is 0. The van der Waals surface area contributed by atoms with Crippen LogP contribution in [-0.4, -0.2) is 54.4 Å². The molecule has 1 fully saturated rings. The highest BCUT2D eigenvalue weighted by atomic mass is 16.5. The van der Waals surface area contributed by atoms with E-state index in [0.29, 0.717) is 32.7 Å². The van der Waals surface area contributed by atoms with Gasteiger partial charge in [-0.15, -0.1) is 0 Å². The summed E-state index contributed by atoms with van der Waals surface area (Å²) in [6, 6.07) is 3.87. The van der Waals surface area contributed by atoms with E-state index in [1.807, 2.05) is 42.7 Å². The topological polar surface area (TPSA) is 49.9 Å². The van der Waals surface area contributed by atoms with Gasteiger partial charge in [0.15, 0.2) is 0 Å². The molecule has 5 nitrogen and oxygen atoms in total. The monoisotopic (exact) mass is 374 g/mol. The lowest BCUT2D eigenvalue weighted by Gasteiger charge is -2.26. The number of rotatable bonds is 4. The molecule has 1 heterocycles. The van der Waals surface area contributed by atoms with Gasteiger partial charge < -0.3 is 14.5 Å². The summed E-state index contributed by atoms with van der Waals surface area (Å²) in [6.07, 6.45) is 1.36. The molecule has 27 heavy (non-hydrogen) atoms. The molecule has 1 aromatic rings. The summed E-state index contributed by atoms with van der Waals surface area (Å²) in [5, 5.41) is 0. The van der Waals surface area contributed by atoms with E-state index in [-0.39, 0.29) is 17.2 Å². The number of ether oxygens (including phenoxy) is 1. The van der Waals surface area contributed by atoms with E-state index in [0.717, 1.165) is 35.4 Å². The molecule has 0 aromatic heterocycles. The maximum absolute atomic E-state index is 13.1. The first-order valence-electron chi connectivity index (χ1n) is 9.93. The maximum Gasteiger partial charge on any atom is 0.254 e. The molecule has 0 N–H and O–H groups in total. The van der Waals surface area contributed by atoms with Crippen LogP contribution < -0.4 is 4.74 Å². The molecule has 0 saturated carbocycles. The van der Waals surface area contributed by atoms with Crippen molar-refractivity contribution in [1.29, 1.82) is 0 Å². The third-order valence-corrected chi connectivity index (χ3v) is 4.87. The molecule has 5 heteroatoms. The van der Waals surface area contributed by atoms with Gasteiger partial charge in [-0.05, 0) is 55.9 Å². The van der Waals surface area contributed by atoms with Crippen molar-refractivity contribution in [1.82, 2.24) is 9.80 Å². The van der Waals surface area contributed by atoms with Gasteiger partial charge in [-0.25, -0.2) is 0 Å². The molecule has 0 spiro atoms. The van der Waals surface area contributed by atoms with E-state index in [1.54, 1.807) is 0 Å². The molecule has 150 valence electrons. The van der Waals surface area contributed by atoms with Crippen molar-refractivity contribution in [3.63, 3.8) is 0 Å². The van der Waals surface area contributed by atoms with Gasteiger partial charge >= 0.3 is 0 Å². The first kappa shape index (κ1) is 21.3. The fourth-order valence-corrected chi connectivity index (χ4v) is 3.44. The molecule has 1 aromatic carbocycles. The van der Waals surface area contributed by atoms with Crippen LogP contribution in [0.15, 0.2) is 12.1 Å². The Labute approximate surface area is 163 Å². The SMILES string of the molecule is CCOc1cc(C)c(C(=O)N2CCCN(C(=O)CC(C)(C)C)CC2)cc1C. The normalized spacial score (nSPS) is 15.5. The Morgan fingerprint density at radius 3 is 2.26 bits per heavy atom. The second-order valence-electron chi connectivity index (χ2n) is 8.63. The second kappa shape index (κ2) is 8.77. The van der Waals surface area contributed by atoms with Crippen LogP contribution in [0.1, 0.15) is 62.0 Å². The van der Waals surface area contributed by atoms with Gasteiger partial charge in [-0.2, -0.15) is 0 Å². The largest absolute Gasteiger partial charge is 0.494 e. The zero-order valence-corrected chi connectivity index (χ0v) is 17.7. The van der Waals surface area contributed by atoms with Gasteiger partial charge in [0.1, 0.15) is 5.75 Å². The van der Waals surface area contributed by atoms with Crippen LogP contribution in [0.3, 0.4) is 0 Å². The van der Waals surface area contributed by atoms with Gasteiger partial charge in [0.05, 0.1) is 6.61 Å². The van der Waals surface area contributed by atoms with Crippen LogP contribution in [0.5, 0.6) is 5.75 Å². The van der Waals surface area contributed by atoms with E-state index >= 15 is 0 Å². The molecule has 1 aliphatic heterocycles. The standard InChI is InChI=1S/C22H34N2O3/c1-7-27-19-14-16(2)18(13-17(19)3)21(26)24-10-8-9-23(11-12-24)20(25)15-22(4,5)6/h13-14H,7-12,15H2,1-6H3. The first-order valence-corrected chi connectivity index (χ1v) is 9.93. The molecule has 1 saturated heterocycles. The Balaban J connectivity index is 2.08. The quantitative estimate of drug-likeness (QED) is 0.805. The van der Waals surface area contributed by atoms with E-state index in [4.69, 9.17) is 4.74 Å². The number of hydrogen-bond acceptors (Lipinski definition) is 3. The fourth-order valence-electron chi connectivity index (χ4n) is 3.44. The van der Waals surface area contributed by atoms with E-state index in [2.05, 4.69) is 20.8 Å². The van der Waals surface area contributed by atoms with Crippen molar-refractivity contribution in [3.8, 4) is 5.75 Å². The lowest BCUT2D eigenvalue weighted by molar-refractivity contribution is -0.132. The molecular weight excluding hydrogens is 340 g/mol. The minimum atomic E-state index is -0.0180. The lowest BCUT2D eigenvalue weighted by atomic mass is 9.91. The highest BCUT2D eigenvalue weighted by Gasteiger charge is 2.26. The number of nitrogens with zero attached hydrogens (tertiary/aromatic N) is 2. The van der Waals surface area contributed by atoms with Crippen LogP contribution in [0.2, 0.25) is 0 Å². The number of aryl methyl sites for hydroxylation is 2. The Kier molecular flexibility index (Phi) is 6.90. The van der Waals surface area contributed by atoms with Gasteiger partial charge in [-0.3, -0.25) is 9.59 Å². The van der Waals surface area contributed by atoms with Crippen LogP contribution in [0, 0.1) is 19.3 Å². The number of benzene rings is 1. The van der Waals surface area contributed by atoms with E-state index in [9.17, 15) is 9.59 Å². The molecule has 2 rings (SSSR count). The molecule has 2 amide bonds. The molecule has 1 aliphatic rings. The van der Waals surface area contributed by atoms with Gasteiger partial charge in [0.25, 0.3) is 5.91 Å². The van der Waals surface area contributed by atoms with Crippen LogP contribution >= 0.6 is 0 Å². The highest BCUT2D eigenvalue weighted by Crippen LogP contribution is 2.25. The third kappa shape index (κ3) is 5.72. The Bertz CT molecular complexity index is 692. The summed E-state index contributed by atoms with van der Waals surface area (Å²) in [5.41, 5.74) is 2.61. The molecule has 0 bridgehead atoms. The van der Waals surface area contributed by atoms with Gasteiger partial charge in [0, 0.05) is 38.2 Å². The molecule has 0 atom stereocenters. The first-order chi connectivity index (χ1) is 12.6. The fraction of sp³-hybridized carbons (Fsp3) is 0.636. The summed E-state index contributed by atoms with van der Waals surface area (Å²) >= 11 is 0. The average Bonchev–Trinajstić information content (AvgIpc) is 2.82. The zero-order valence-electron chi connectivity index (χ0n) is 17.7. The van der Waals surface area contributed by atoms with Crippen molar-refractivity contribution in [3.05, 3.63) is 28.8 Å². The number of carbonyl (C=O) groups is 2. The minimum absolute atomic E-state index is 0.0180. The minimum Gasteiger partial charge on any atom is -0.494 e. The zero-order chi connectivity index (χ0) is 20.2. The lowest BCUT2D eigenvalue weighted by Crippen LogP contribution is -2.38. The van der Waals surface area contributed by atoms with Crippen molar-refractivity contribution in [2.24, 2.45) is 5.41 Å².